The SMILES string of the molecule is c1ccc2cc(-c3ccc4c(c3)sc3ccc5c(c6cccc7c8nc9ccccc9nc8n5c76)c34)ccc2c1. The molecule has 0 spiro atoms. The second-order valence-electron chi connectivity index (χ2n) is 10.6. The number of aromatic nitrogens is 3. The van der Waals surface area contributed by atoms with Gasteiger partial charge in [-0.25, -0.2) is 9.97 Å². The number of thiophene rings is 1. The molecule has 10 aromatic rings. The lowest BCUT2D eigenvalue weighted by Gasteiger charge is -2.05. The van der Waals surface area contributed by atoms with E-state index in [1.165, 1.54) is 63.9 Å². The number of para-hydroxylation sites is 3. The maximum atomic E-state index is 5.12. The Labute approximate surface area is 231 Å². The first-order valence-electron chi connectivity index (χ1n) is 13.5. The molecule has 0 aliphatic rings. The van der Waals surface area contributed by atoms with Crippen molar-refractivity contribution in [3.8, 4) is 11.1 Å². The van der Waals surface area contributed by atoms with Crippen LogP contribution in [0.5, 0.6) is 0 Å². The van der Waals surface area contributed by atoms with E-state index in [2.05, 4.69) is 95.4 Å². The molecule has 0 unspecified atom stereocenters. The summed E-state index contributed by atoms with van der Waals surface area (Å²) in [5.74, 6) is 0. The molecule has 3 nitrogen and oxygen atoms in total. The van der Waals surface area contributed by atoms with Crippen molar-refractivity contribution in [1.82, 2.24) is 14.4 Å². The van der Waals surface area contributed by atoms with Gasteiger partial charge in [0.05, 0.1) is 22.1 Å². The highest BCUT2D eigenvalue weighted by atomic mass is 32.1. The van der Waals surface area contributed by atoms with Crippen LogP contribution in [0.4, 0.5) is 0 Å². The average Bonchev–Trinajstić information content (AvgIpc) is 3.65. The number of hydrogen-bond donors (Lipinski definition) is 0. The summed E-state index contributed by atoms with van der Waals surface area (Å²) in [5, 5.41) is 8.92. The van der Waals surface area contributed by atoms with Crippen LogP contribution in [-0.2, 0) is 0 Å². The van der Waals surface area contributed by atoms with Crippen LogP contribution in [-0.4, -0.2) is 14.4 Å². The zero-order valence-corrected chi connectivity index (χ0v) is 22.0. The molecular weight excluding hydrogens is 506 g/mol. The molecule has 4 heterocycles. The maximum absolute atomic E-state index is 5.12. The second kappa shape index (κ2) is 7.32. The fourth-order valence-corrected chi connectivity index (χ4v) is 7.86. The summed E-state index contributed by atoms with van der Waals surface area (Å²) >= 11 is 1.88. The van der Waals surface area contributed by atoms with E-state index in [1.54, 1.807) is 0 Å². The van der Waals surface area contributed by atoms with Gasteiger partial charge in [-0.05, 0) is 58.3 Å². The van der Waals surface area contributed by atoms with E-state index in [1.807, 2.05) is 35.6 Å². The summed E-state index contributed by atoms with van der Waals surface area (Å²) in [4.78, 5) is 10.2. The van der Waals surface area contributed by atoms with Crippen LogP contribution in [0.25, 0.3) is 91.5 Å². The Morgan fingerprint density at radius 3 is 2.23 bits per heavy atom. The van der Waals surface area contributed by atoms with Gasteiger partial charge in [0.2, 0.25) is 0 Å². The monoisotopic (exact) mass is 525 g/mol. The summed E-state index contributed by atoms with van der Waals surface area (Å²) < 4.78 is 4.96. The molecule has 0 N–H and O–H groups in total. The van der Waals surface area contributed by atoms with Crippen LogP contribution in [0, 0.1) is 0 Å². The molecular formula is C36H19N3S. The first-order valence-corrected chi connectivity index (χ1v) is 14.3. The van der Waals surface area contributed by atoms with Gasteiger partial charge in [0.1, 0.15) is 5.52 Å². The average molecular weight is 526 g/mol. The molecule has 4 heteroatoms. The van der Waals surface area contributed by atoms with Crippen LogP contribution in [0.3, 0.4) is 0 Å². The first kappa shape index (κ1) is 20.8. The van der Waals surface area contributed by atoms with Crippen molar-refractivity contribution in [2.24, 2.45) is 0 Å². The Balaban J connectivity index is 1.29. The Hall–Kier alpha value is -5.06. The van der Waals surface area contributed by atoms with Crippen LogP contribution < -0.4 is 0 Å². The van der Waals surface area contributed by atoms with Crippen molar-refractivity contribution >= 4 is 91.7 Å². The lowest BCUT2D eigenvalue weighted by atomic mass is 9.99. The molecule has 0 aliphatic heterocycles. The second-order valence-corrected chi connectivity index (χ2v) is 11.7. The van der Waals surface area contributed by atoms with E-state index in [-0.39, 0.29) is 0 Å². The molecule has 0 fully saturated rings. The molecule has 6 aromatic carbocycles. The van der Waals surface area contributed by atoms with E-state index >= 15 is 0 Å². The minimum atomic E-state index is 0.923. The Morgan fingerprint density at radius 1 is 0.525 bits per heavy atom. The third kappa shape index (κ3) is 2.59. The van der Waals surface area contributed by atoms with Crippen molar-refractivity contribution in [3.63, 3.8) is 0 Å². The summed E-state index contributed by atoms with van der Waals surface area (Å²) in [6.45, 7) is 0. The Bertz CT molecular complexity index is 2660. The van der Waals surface area contributed by atoms with Gasteiger partial charge in [-0.1, -0.05) is 78.9 Å². The van der Waals surface area contributed by atoms with Crippen LogP contribution in [0.2, 0.25) is 0 Å². The van der Waals surface area contributed by atoms with E-state index in [4.69, 9.17) is 9.97 Å². The Kier molecular flexibility index (Phi) is 3.81. The highest BCUT2D eigenvalue weighted by Crippen LogP contribution is 2.46. The molecule has 0 atom stereocenters. The highest BCUT2D eigenvalue weighted by molar-refractivity contribution is 7.26. The lowest BCUT2D eigenvalue weighted by Crippen LogP contribution is -1.88. The largest absolute Gasteiger partial charge is 0.291 e. The molecule has 0 bridgehead atoms. The standard InChI is InChI=1S/C36H19N3S/c1-2-7-21-18-22(13-12-20(21)6-1)23-14-15-24-31(19-23)40-30-17-16-29-32(33(24)30)25-8-5-9-26-34-36(39(29)35(25)26)38-28-11-4-3-10-27(28)37-34/h1-19H. The number of rotatable bonds is 1. The first-order chi connectivity index (χ1) is 19.8. The highest BCUT2D eigenvalue weighted by Gasteiger charge is 2.22. The third-order valence-corrected chi connectivity index (χ3v) is 9.61. The predicted octanol–water partition coefficient (Wildman–Crippen LogP) is 9.97. The molecule has 0 saturated carbocycles. The van der Waals surface area contributed by atoms with Gasteiger partial charge in [-0.2, -0.15) is 0 Å². The van der Waals surface area contributed by atoms with Gasteiger partial charge in [0.25, 0.3) is 0 Å². The molecule has 184 valence electrons. The van der Waals surface area contributed by atoms with Crippen molar-refractivity contribution < 1.29 is 0 Å². The minimum Gasteiger partial charge on any atom is -0.291 e. The zero-order valence-electron chi connectivity index (χ0n) is 21.2. The van der Waals surface area contributed by atoms with Crippen molar-refractivity contribution in [2.45, 2.75) is 0 Å². The number of nitrogens with zero attached hydrogens (tertiary/aromatic N) is 3. The molecule has 0 amide bonds. The van der Waals surface area contributed by atoms with Gasteiger partial charge in [0.15, 0.2) is 5.65 Å². The van der Waals surface area contributed by atoms with Crippen molar-refractivity contribution in [2.75, 3.05) is 0 Å². The summed E-state index contributed by atoms with van der Waals surface area (Å²) in [5.41, 5.74) is 8.66. The molecule has 40 heavy (non-hydrogen) atoms. The number of hydrogen-bond acceptors (Lipinski definition) is 3. The normalized spacial score (nSPS) is 12.5. The van der Waals surface area contributed by atoms with Crippen LogP contribution in [0.1, 0.15) is 0 Å². The Morgan fingerprint density at radius 2 is 1.30 bits per heavy atom. The van der Waals surface area contributed by atoms with E-state index in [0.717, 1.165) is 27.6 Å². The van der Waals surface area contributed by atoms with Gasteiger partial charge < -0.3 is 0 Å². The van der Waals surface area contributed by atoms with Crippen molar-refractivity contribution in [3.05, 3.63) is 115 Å². The molecule has 0 radical (unpaired) electrons. The van der Waals surface area contributed by atoms with Gasteiger partial charge >= 0.3 is 0 Å². The minimum absolute atomic E-state index is 0.923. The molecule has 10 rings (SSSR count). The summed E-state index contributed by atoms with van der Waals surface area (Å²) in [6, 6.07) is 41.6. The fourth-order valence-electron chi connectivity index (χ4n) is 6.71. The number of benzene rings is 6. The number of fused-ring (bicyclic) bond motifs is 12. The van der Waals surface area contributed by atoms with Crippen molar-refractivity contribution in [1.29, 1.82) is 0 Å². The van der Waals surface area contributed by atoms with Gasteiger partial charge in [0, 0.05) is 36.3 Å². The lowest BCUT2D eigenvalue weighted by molar-refractivity contribution is 1.28. The zero-order chi connectivity index (χ0) is 25.9. The third-order valence-electron chi connectivity index (χ3n) is 8.49. The maximum Gasteiger partial charge on any atom is 0.165 e. The molecule has 0 saturated heterocycles. The molecule has 0 aliphatic carbocycles. The van der Waals surface area contributed by atoms with E-state index in [9.17, 15) is 0 Å². The summed E-state index contributed by atoms with van der Waals surface area (Å²) in [7, 11) is 0. The fraction of sp³-hybridized carbons (Fsp3) is 0. The van der Waals surface area contributed by atoms with Crippen LogP contribution >= 0.6 is 11.3 Å². The van der Waals surface area contributed by atoms with E-state index < -0.39 is 0 Å². The van der Waals surface area contributed by atoms with Crippen LogP contribution in [0.15, 0.2) is 115 Å². The predicted molar refractivity (Wildman–Crippen MR) is 170 cm³/mol. The van der Waals surface area contributed by atoms with E-state index in [0.29, 0.717) is 0 Å². The smallest absolute Gasteiger partial charge is 0.165 e. The molecule has 4 aromatic heterocycles. The summed E-state index contributed by atoms with van der Waals surface area (Å²) in [6.07, 6.45) is 0. The quantitative estimate of drug-likeness (QED) is 0.213. The van der Waals surface area contributed by atoms with Gasteiger partial charge in [-0.3, -0.25) is 4.40 Å². The topological polar surface area (TPSA) is 30.2 Å². The van der Waals surface area contributed by atoms with Gasteiger partial charge in [-0.15, -0.1) is 11.3 Å².